The van der Waals surface area contributed by atoms with Crippen LogP contribution in [0.4, 0.5) is 0 Å². The minimum absolute atomic E-state index is 0.683. The molecule has 16 aromatic rings. The Kier molecular flexibility index (Phi) is 19.4. The van der Waals surface area contributed by atoms with Crippen molar-refractivity contribution in [1.29, 1.82) is 0 Å². The minimum Gasteiger partial charge on any atom is -0.0622 e. The van der Waals surface area contributed by atoms with Gasteiger partial charge in [-0.25, -0.2) is 0 Å². The summed E-state index contributed by atoms with van der Waals surface area (Å²) in [5.74, 6) is 26.4. The van der Waals surface area contributed by atoms with E-state index in [2.05, 4.69) is 423 Å². The molecule has 0 heterocycles. The van der Waals surface area contributed by atoms with Crippen LogP contribution in [0.5, 0.6) is 0 Å². The summed E-state index contributed by atoms with van der Waals surface area (Å²) < 4.78 is 0. The monoisotopic (exact) mass is 1340 g/mol. The predicted octanol–water partition coefficient (Wildman–Crippen LogP) is 24.7. The molecule has 0 aliphatic heterocycles. The zero-order valence-corrected chi connectivity index (χ0v) is 58.4. The largest absolute Gasteiger partial charge is 0.0701 e. The van der Waals surface area contributed by atoms with Gasteiger partial charge in [0.05, 0.1) is 10.8 Å². The standard InChI is InChI=1S/C106H70/c1-7-23-85(24-8-1)91-51-67-99(68-52-91)105(100-69-53-92(54-70-100)86-25-9-2-10-26-86,101-71-55-93(56-72-101)87-27-11-3-12-28-87)97-63-47-83(48-64-97)45-43-81-39-35-79(36-40-81)21-19-20-22-80-37-41-82(42-38-80)44-46-84-49-65-98(66-50-84)106(102-73-57-94(58-74-102)88-29-13-4-14-30-88,103-75-59-95(60-76-103)89-31-15-5-16-32-89)104-77-61-96(62-78-104)90-33-17-6-18-34-90/h1-18,23-42,47-78H. The van der Waals surface area contributed by atoms with Crippen molar-refractivity contribution >= 4 is 0 Å². The Morgan fingerprint density at radius 2 is 0.236 bits per heavy atom. The van der Waals surface area contributed by atoms with E-state index in [1.807, 2.05) is 48.5 Å². The maximum absolute atomic E-state index is 3.47. The first-order chi connectivity index (χ1) is 52.5. The SMILES string of the molecule is C(C#Cc1ccc(C#Cc2ccc(C(c3ccc(-c4ccccc4)cc3)(c3ccc(-c4ccccc4)cc3)c3ccc(-c4ccccc4)cc3)cc2)cc1)#Cc1ccc(C#Cc2ccc(C(c3ccc(-c4ccccc4)cc3)(c3ccc(-c4ccccc4)cc3)c3ccc(-c4ccccc4)cc3)cc2)cc1. The van der Waals surface area contributed by atoms with Crippen molar-refractivity contribution in [1.82, 2.24) is 0 Å². The van der Waals surface area contributed by atoms with Gasteiger partial charge in [0.15, 0.2) is 0 Å². The second kappa shape index (κ2) is 30.9. The van der Waals surface area contributed by atoms with E-state index >= 15 is 0 Å². The highest BCUT2D eigenvalue weighted by Crippen LogP contribution is 2.49. The summed E-state index contributed by atoms with van der Waals surface area (Å²) in [7, 11) is 0. The van der Waals surface area contributed by atoms with Crippen molar-refractivity contribution in [3.05, 3.63) is 503 Å². The van der Waals surface area contributed by atoms with Crippen molar-refractivity contribution in [3.63, 3.8) is 0 Å². The van der Waals surface area contributed by atoms with Gasteiger partial charge in [0.25, 0.3) is 0 Å². The molecule has 494 valence electrons. The van der Waals surface area contributed by atoms with Gasteiger partial charge in [-0.1, -0.05) is 387 Å². The molecule has 0 aliphatic rings. The first-order valence-electron chi connectivity index (χ1n) is 35.9. The fraction of sp³-hybridized carbons (Fsp3) is 0.0189. The Labute approximate surface area is 623 Å². The second-order valence-electron chi connectivity index (χ2n) is 26.5. The summed E-state index contributed by atoms with van der Waals surface area (Å²) in [5, 5.41) is 0. The van der Waals surface area contributed by atoms with Crippen molar-refractivity contribution < 1.29 is 0 Å². The molecule has 0 nitrogen and oxygen atoms in total. The molecule has 0 spiro atoms. The molecule has 16 rings (SSSR count). The van der Waals surface area contributed by atoms with Crippen LogP contribution in [0.1, 0.15) is 77.9 Å². The Hall–Kier alpha value is -14.2. The highest BCUT2D eigenvalue weighted by Gasteiger charge is 2.40. The molecule has 0 radical (unpaired) electrons. The number of benzene rings is 16. The lowest BCUT2D eigenvalue weighted by Crippen LogP contribution is -2.31. The summed E-state index contributed by atoms with van der Waals surface area (Å²) in [6, 6.07) is 152. The molecule has 0 heteroatoms. The van der Waals surface area contributed by atoms with Gasteiger partial charge < -0.3 is 0 Å². The molecule has 0 saturated heterocycles. The summed E-state index contributed by atoms with van der Waals surface area (Å²) in [6.45, 7) is 0. The van der Waals surface area contributed by atoms with Crippen LogP contribution in [0, 0.1) is 47.4 Å². The molecule has 0 atom stereocenters. The maximum Gasteiger partial charge on any atom is 0.0701 e. The average molecular weight is 1340 g/mol. The van der Waals surface area contributed by atoms with Crippen molar-refractivity contribution in [3.8, 4) is 114 Å². The van der Waals surface area contributed by atoms with Crippen LogP contribution >= 0.6 is 0 Å². The smallest absolute Gasteiger partial charge is 0.0622 e. The van der Waals surface area contributed by atoms with Crippen molar-refractivity contribution in [2.75, 3.05) is 0 Å². The first-order valence-corrected chi connectivity index (χ1v) is 35.9. The fourth-order valence-electron chi connectivity index (χ4n) is 14.6. The Balaban J connectivity index is 0.634. The third-order valence-corrected chi connectivity index (χ3v) is 20.1. The van der Waals surface area contributed by atoms with Crippen LogP contribution in [-0.4, -0.2) is 0 Å². The van der Waals surface area contributed by atoms with Gasteiger partial charge in [-0.2, -0.15) is 0 Å². The molecule has 0 fully saturated rings. The maximum atomic E-state index is 3.47. The first kappa shape index (κ1) is 66.3. The van der Waals surface area contributed by atoms with Crippen LogP contribution in [0.25, 0.3) is 66.8 Å². The molecule has 0 amide bonds. The number of hydrogen-bond acceptors (Lipinski definition) is 0. The minimum atomic E-state index is -0.683. The third-order valence-electron chi connectivity index (χ3n) is 20.1. The van der Waals surface area contributed by atoms with Gasteiger partial charge in [0.1, 0.15) is 0 Å². The second-order valence-corrected chi connectivity index (χ2v) is 26.5. The third kappa shape index (κ3) is 14.3. The van der Waals surface area contributed by atoms with Crippen molar-refractivity contribution in [2.24, 2.45) is 0 Å². The van der Waals surface area contributed by atoms with Gasteiger partial charge in [-0.3, -0.25) is 0 Å². The van der Waals surface area contributed by atoms with Gasteiger partial charge in [-0.05, 0) is 196 Å². The van der Waals surface area contributed by atoms with Gasteiger partial charge in [0, 0.05) is 33.4 Å². The zero-order valence-electron chi connectivity index (χ0n) is 58.4. The average Bonchev–Trinajstić information content (AvgIpc) is 0.735. The number of hydrogen-bond donors (Lipinski definition) is 0. The molecule has 0 aliphatic carbocycles. The van der Waals surface area contributed by atoms with E-state index in [0.717, 1.165) is 44.5 Å². The Morgan fingerprint density at radius 1 is 0.113 bits per heavy atom. The topological polar surface area (TPSA) is 0 Å². The van der Waals surface area contributed by atoms with Crippen LogP contribution in [0.3, 0.4) is 0 Å². The fourth-order valence-corrected chi connectivity index (χ4v) is 14.6. The van der Waals surface area contributed by atoms with Crippen LogP contribution in [0.2, 0.25) is 0 Å². The highest BCUT2D eigenvalue weighted by molar-refractivity contribution is 5.74. The van der Waals surface area contributed by atoms with E-state index in [9.17, 15) is 0 Å². The Morgan fingerprint density at radius 3 is 0.396 bits per heavy atom. The number of rotatable bonds is 14. The molecular weight excluding hydrogens is 1270 g/mol. The van der Waals surface area contributed by atoms with E-state index in [1.165, 1.54) is 100 Å². The lowest BCUT2D eigenvalue weighted by molar-refractivity contribution is 0.745. The molecule has 106 heavy (non-hydrogen) atoms. The Bertz CT molecular complexity index is 5130. The van der Waals surface area contributed by atoms with E-state index in [4.69, 9.17) is 0 Å². The van der Waals surface area contributed by atoms with Crippen LogP contribution in [0.15, 0.2) is 425 Å². The van der Waals surface area contributed by atoms with E-state index in [1.54, 1.807) is 0 Å². The summed E-state index contributed by atoms with van der Waals surface area (Å²) in [4.78, 5) is 0. The molecular formula is C106H70. The lowest BCUT2D eigenvalue weighted by atomic mass is 9.64. The molecule has 0 N–H and O–H groups in total. The normalized spacial score (nSPS) is 10.9. The summed E-state index contributed by atoms with van der Waals surface area (Å²) in [6.07, 6.45) is 0. The summed E-state index contributed by atoms with van der Waals surface area (Å²) >= 11 is 0. The van der Waals surface area contributed by atoms with Crippen molar-refractivity contribution in [2.45, 2.75) is 10.8 Å². The lowest BCUT2D eigenvalue weighted by Gasteiger charge is -2.37. The molecule has 0 saturated carbocycles. The predicted molar refractivity (Wildman–Crippen MR) is 441 cm³/mol. The van der Waals surface area contributed by atoms with Gasteiger partial charge in [-0.15, -0.1) is 0 Å². The zero-order chi connectivity index (χ0) is 71.2. The quantitative estimate of drug-likeness (QED) is 0.0752. The molecule has 0 aromatic heterocycles. The van der Waals surface area contributed by atoms with E-state index in [-0.39, 0.29) is 0 Å². The summed E-state index contributed by atoms with van der Waals surface area (Å²) in [5.41, 5.74) is 27.4. The van der Waals surface area contributed by atoms with E-state index in [0.29, 0.717) is 0 Å². The van der Waals surface area contributed by atoms with Crippen LogP contribution in [-0.2, 0) is 10.8 Å². The van der Waals surface area contributed by atoms with Gasteiger partial charge >= 0.3 is 0 Å². The molecule has 0 bridgehead atoms. The van der Waals surface area contributed by atoms with E-state index < -0.39 is 10.8 Å². The molecule has 0 unspecified atom stereocenters. The van der Waals surface area contributed by atoms with Crippen LogP contribution < -0.4 is 0 Å². The van der Waals surface area contributed by atoms with Gasteiger partial charge in [0.2, 0.25) is 0 Å². The highest BCUT2D eigenvalue weighted by atomic mass is 14.4. The molecule has 16 aromatic carbocycles.